The van der Waals surface area contributed by atoms with E-state index < -0.39 is 18.5 Å². The maximum atomic E-state index is 14.6. The summed E-state index contributed by atoms with van der Waals surface area (Å²) < 4.78 is 36.6. The molecule has 1 aliphatic rings. The number of halogens is 2. The average Bonchev–Trinajstić information content (AvgIpc) is 3.67. The molecule has 11 heteroatoms. The van der Waals surface area contributed by atoms with E-state index in [1.807, 2.05) is 43.3 Å². The summed E-state index contributed by atoms with van der Waals surface area (Å²) in [7, 11) is 1.06. The Kier molecular flexibility index (Phi) is 10.4. The molecular weight excluding hydrogens is 587 g/mol. The van der Waals surface area contributed by atoms with Gasteiger partial charge in [0.15, 0.2) is 0 Å². The summed E-state index contributed by atoms with van der Waals surface area (Å²) >= 11 is 0. The molecule has 2 aromatic carbocycles. The SMILES string of the molecule is CCCCC(CCCC)COC1=CC(c2ccc3c(=O)[nH][nH]c(=O)c3c2)=N/C1=C\c1ccc(-c2ccc(N(C)C)cc2)n1B(F)F. The number of nitrogens with zero attached hydrogens (tertiary/aromatic N) is 3. The smallest absolute Gasteiger partial charge is 0.491 e. The molecule has 1 aliphatic heterocycles. The Morgan fingerprint density at radius 1 is 0.913 bits per heavy atom. The average molecular weight is 628 g/mol. The van der Waals surface area contributed by atoms with Gasteiger partial charge in [-0.3, -0.25) is 28.4 Å². The van der Waals surface area contributed by atoms with E-state index in [0.29, 0.717) is 46.5 Å². The minimum Gasteiger partial charge on any atom is -0.491 e. The maximum Gasteiger partial charge on any atom is 0.678 e. The van der Waals surface area contributed by atoms with Crippen molar-refractivity contribution in [3.8, 4) is 11.3 Å². The van der Waals surface area contributed by atoms with Crippen LogP contribution in [-0.4, -0.2) is 48.5 Å². The van der Waals surface area contributed by atoms with Gasteiger partial charge >= 0.3 is 7.40 Å². The van der Waals surface area contributed by atoms with Crippen molar-refractivity contribution in [2.45, 2.75) is 52.4 Å². The van der Waals surface area contributed by atoms with E-state index >= 15 is 0 Å². The van der Waals surface area contributed by atoms with Crippen LogP contribution in [0.5, 0.6) is 0 Å². The molecule has 2 N–H and O–H groups in total. The van der Waals surface area contributed by atoms with Crippen molar-refractivity contribution in [2.75, 3.05) is 25.6 Å². The minimum atomic E-state index is -2.79. The molecule has 0 aliphatic carbocycles. The number of aliphatic imine (C=N–C) groups is 1. The molecule has 8 nitrogen and oxygen atoms in total. The molecule has 3 heterocycles. The highest BCUT2D eigenvalue weighted by molar-refractivity contribution is 6.42. The lowest BCUT2D eigenvalue weighted by molar-refractivity contribution is 0.158. The van der Waals surface area contributed by atoms with Crippen molar-refractivity contribution in [3.05, 3.63) is 104 Å². The molecular formula is C35H40BF2N5O3. The van der Waals surface area contributed by atoms with Crippen LogP contribution in [0.4, 0.5) is 14.3 Å². The fourth-order valence-corrected chi connectivity index (χ4v) is 5.73. The van der Waals surface area contributed by atoms with Crippen LogP contribution in [0.2, 0.25) is 0 Å². The number of aromatic nitrogens is 3. The van der Waals surface area contributed by atoms with E-state index in [1.165, 1.54) is 0 Å². The number of benzene rings is 2. The molecule has 0 amide bonds. The normalized spacial score (nSPS) is 13.8. The van der Waals surface area contributed by atoms with Gasteiger partial charge < -0.3 is 14.1 Å². The number of ether oxygens (including phenoxy) is 1. The molecule has 0 unspecified atom stereocenters. The molecule has 0 bridgehead atoms. The Hall–Kier alpha value is -4.67. The fourth-order valence-electron chi connectivity index (χ4n) is 5.73. The van der Waals surface area contributed by atoms with E-state index in [2.05, 4.69) is 24.0 Å². The standard InChI is InChI=1S/C35H40BF2N5O3/c1-5-7-9-23(10-8-6-2)22-46-33-21-30(25-13-17-28-29(19-25)35(45)41-40-34(28)44)39-31(33)20-27-16-18-32(43(27)36(37)38)24-11-14-26(15-12-24)42(3)4/h11-21,23H,5-10,22H2,1-4H3,(H,40,44)(H,41,45)/b31-20-. The Bertz CT molecular complexity index is 1880. The van der Waals surface area contributed by atoms with Gasteiger partial charge in [0.1, 0.15) is 11.5 Å². The lowest BCUT2D eigenvalue weighted by Crippen LogP contribution is -2.19. The van der Waals surface area contributed by atoms with Crippen molar-refractivity contribution >= 4 is 35.6 Å². The molecule has 240 valence electrons. The van der Waals surface area contributed by atoms with Crippen molar-refractivity contribution in [2.24, 2.45) is 10.9 Å². The van der Waals surface area contributed by atoms with Crippen molar-refractivity contribution < 1.29 is 13.4 Å². The lowest BCUT2D eigenvalue weighted by atomic mass is 9.97. The largest absolute Gasteiger partial charge is 0.678 e. The van der Waals surface area contributed by atoms with Crippen LogP contribution in [-0.2, 0) is 4.74 Å². The summed E-state index contributed by atoms with van der Waals surface area (Å²) in [6, 6.07) is 15.7. The topological polar surface area (TPSA) is 95.5 Å². The first-order chi connectivity index (χ1) is 22.2. The van der Waals surface area contributed by atoms with E-state index in [-0.39, 0.29) is 16.5 Å². The zero-order valence-electron chi connectivity index (χ0n) is 26.8. The van der Waals surface area contributed by atoms with Crippen LogP contribution < -0.4 is 16.0 Å². The molecule has 0 saturated carbocycles. The highest BCUT2D eigenvalue weighted by atomic mass is 19.2. The van der Waals surface area contributed by atoms with Crippen LogP contribution in [0.25, 0.3) is 28.1 Å². The van der Waals surface area contributed by atoms with Gasteiger partial charge in [0.2, 0.25) is 0 Å². The lowest BCUT2D eigenvalue weighted by Gasteiger charge is -2.18. The summed E-state index contributed by atoms with van der Waals surface area (Å²) in [6.45, 7) is 4.82. The minimum absolute atomic E-state index is 0.230. The second-order valence-electron chi connectivity index (χ2n) is 11.9. The number of anilines is 1. The van der Waals surface area contributed by atoms with E-state index in [9.17, 15) is 18.2 Å². The highest BCUT2D eigenvalue weighted by Crippen LogP contribution is 2.31. The zero-order chi connectivity index (χ0) is 32.8. The van der Waals surface area contributed by atoms with Crippen LogP contribution in [0.3, 0.4) is 0 Å². The van der Waals surface area contributed by atoms with Crippen molar-refractivity contribution in [1.29, 1.82) is 0 Å². The fraction of sp³-hybridized carbons (Fsp3) is 0.343. The molecule has 5 rings (SSSR count). The van der Waals surface area contributed by atoms with Gasteiger partial charge in [-0.2, -0.15) is 0 Å². The molecule has 0 saturated heterocycles. The molecule has 46 heavy (non-hydrogen) atoms. The van der Waals surface area contributed by atoms with Crippen LogP contribution in [0.1, 0.15) is 63.6 Å². The second-order valence-corrected chi connectivity index (χ2v) is 11.9. The van der Waals surface area contributed by atoms with Crippen LogP contribution in [0, 0.1) is 5.92 Å². The summed E-state index contributed by atoms with van der Waals surface area (Å²) in [5, 5.41) is 5.18. The van der Waals surface area contributed by atoms with Gasteiger partial charge in [-0.1, -0.05) is 57.7 Å². The van der Waals surface area contributed by atoms with Gasteiger partial charge in [0.25, 0.3) is 11.1 Å². The van der Waals surface area contributed by atoms with E-state index in [0.717, 1.165) is 48.7 Å². The van der Waals surface area contributed by atoms with E-state index in [4.69, 9.17) is 9.73 Å². The molecule has 0 spiro atoms. The highest BCUT2D eigenvalue weighted by Gasteiger charge is 2.26. The summed E-state index contributed by atoms with van der Waals surface area (Å²) in [5.74, 6) is 0.838. The first-order valence-electron chi connectivity index (χ1n) is 15.9. The van der Waals surface area contributed by atoms with Crippen molar-refractivity contribution in [1.82, 2.24) is 14.7 Å². The predicted molar refractivity (Wildman–Crippen MR) is 184 cm³/mol. The molecule has 4 aromatic rings. The Morgan fingerprint density at radius 2 is 1.57 bits per heavy atom. The molecule has 0 radical (unpaired) electrons. The third kappa shape index (κ3) is 7.24. The third-order valence-electron chi connectivity index (χ3n) is 8.37. The monoisotopic (exact) mass is 627 g/mol. The molecule has 0 atom stereocenters. The molecule has 2 aromatic heterocycles. The quantitative estimate of drug-likeness (QED) is 0.144. The number of rotatable bonds is 14. The number of aromatic amines is 2. The first-order valence-corrected chi connectivity index (χ1v) is 15.9. The number of hydrogen-bond donors (Lipinski definition) is 2. The van der Waals surface area contributed by atoms with Gasteiger partial charge in [0.05, 0.1) is 23.1 Å². The van der Waals surface area contributed by atoms with Gasteiger partial charge in [-0.05, 0) is 66.8 Å². The summed E-state index contributed by atoms with van der Waals surface area (Å²) in [4.78, 5) is 31.5. The van der Waals surface area contributed by atoms with Gasteiger partial charge in [-0.15, -0.1) is 0 Å². The predicted octanol–water partition coefficient (Wildman–Crippen LogP) is 7.26. The summed E-state index contributed by atoms with van der Waals surface area (Å²) in [5.41, 5.74) is 3.01. The zero-order valence-corrected chi connectivity index (χ0v) is 26.8. The number of hydrogen-bond acceptors (Lipinski definition) is 5. The maximum absolute atomic E-state index is 14.6. The molecule has 0 fully saturated rings. The van der Waals surface area contributed by atoms with Crippen LogP contribution >= 0.6 is 0 Å². The van der Waals surface area contributed by atoms with Gasteiger partial charge in [0, 0.05) is 42.8 Å². The number of nitrogens with one attached hydrogen (secondary N) is 2. The van der Waals surface area contributed by atoms with Crippen LogP contribution in [0.15, 0.2) is 86.7 Å². The Balaban J connectivity index is 1.55. The van der Waals surface area contributed by atoms with Gasteiger partial charge in [-0.25, -0.2) is 4.99 Å². The number of unbranched alkanes of at least 4 members (excludes halogenated alkanes) is 2. The first kappa shape index (κ1) is 32.7. The number of allylic oxidation sites excluding steroid dienone is 1. The van der Waals surface area contributed by atoms with E-state index in [1.54, 1.807) is 42.5 Å². The Labute approximate surface area is 267 Å². The number of fused-ring (bicyclic) bond motifs is 1. The second kappa shape index (κ2) is 14.6. The van der Waals surface area contributed by atoms with Crippen molar-refractivity contribution in [3.63, 3.8) is 0 Å². The summed E-state index contributed by atoms with van der Waals surface area (Å²) in [6.07, 6.45) is 9.89. The Morgan fingerprint density at radius 3 is 2.20 bits per heavy atom. The third-order valence-corrected chi connectivity index (χ3v) is 8.37. The number of H-pyrrole nitrogens is 2.